The molecule has 0 radical (unpaired) electrons. The Hall–Kier alpha value is -1.45. The molecule has 0 atom stereocenters. The molecule has 0 aliphatic heterocycles. The maximum Gasteiger partial charge on any atom is 0.147 e. The minimum atomic E-state index is 0.504. The van der Waals surface area contributed by atoms with Gasteiger partial charge in [0.05, 0.1) is 23.1 Å². The van der Waals surface area contributed by atoms with Crippen LogP contribution in [0.4, 0.5) is 5.69 Å². The van der Waals surface area contributed by atoms with Gasteiger partial charge in [-0.2, -0.15) is 0 Å². The summed E-state index contributed by atoms with van der Waals surface area (Å²) in [6.45, 7) is 0. The van der Waals surface area contributed by atoms with Gasteiger partial charge in [0.1, 0.15) is 11.5 Å². The highest BCUT2D eigenvalue weighted by Gasteiger charge is 2.05. The highest BCUT2D eigenvalue weighted by Crippen LogP contribution is 2.32. The Kier molecular flexibility index (Phi) is 3.71. The number of ether oxygens (including phenoxy) is 1. The predicted molar refractivity (Wildman–Crippen MR) is 70.3 cm³/mol. The van der Waals surface area contributed by atoms with Gasteiger partial charge in [0.25, 0.3) is 0 Å². The lowest BCUT2D eigenvalue weighted by Crippen LogP contribution is -1.91. The molecule has 1 N–H and O–H groups in total. The van der Waals surface area contributed by atoms with Crippen LogP contribution in [0.1, 0.15) is 0 Å². The van der Waals surface area contributed by atoms with E-state index in [0.29, 0.717) is 21.5 Å². The molecule has 0 amide bonds. The SMILES string of the molecule is CNc1cncc(Oc2cc(Cl)ccc2Cl)c1. The largest absolute Gasteiger partial charge is 0.454 e. The minimum Gasteiger partial charge on any atom is -0.454 e. The maximum absolute atomic E-state index is 6.00. The number of halogens is 2. The standard InChI is InChI=1S/C12H10Cl2N2O/c1-15-9-5-10(7-16-6-9)17-12-4-8(13)2-3-11(12)14/h2-7,15H,1H3. The van der Waals surface area contributed by atoms with Gasteiger partial charge in [0, 0.05) is 24.2 Å². The number of nitrogens with zero attached hydrogens (tertiary/aromatic N) is 1. The van der Waals surface area contributed by atoms with Crippen LogP contribution in [0.25, 0.3) is 0 Å². The predicted octanol–water partition coefficient (Wildman–Crippen LogP) is 4.22. The zero-order chi connectivity index (χ0) is 12.3. The lowest BCUT2D eigenvalue weighted by atomic mass is 10.3. The smallest absolute Gasteiger partial charge is 0.147 e. The normalized spacial score (nSPS) is 10.1. The first kappa shape index (κ1) is 12.0. The first-order chi connectivity index (χ1) is 8.19. The molecule has 0 saturated heterocycles. The van der Waals surface area contributed by atoms with Gasteiger partial charge in [-0.25, -0.2) is 0 Å². The van der Waals surface area contributed by atoms with Crippen LogP contribution < -0.4 is 10.1 Å². The number of pyridine rings is 1. The van der Waals surface area contributed by atoms with E-state index in [-0.39, 0.29) is 0 Å². The van der Waals surface area contributed by atoms with Crippen LogP contribution in [-0.4, -0.2) is 12.0 Å². The Morgan fingerprint density at radius 3 is 2.76 bits per heavy atom. The summed E-state index contributed by atoms with van der Waals surface area (Å²) in [5.74, 6) is 1.11. The van der Waals surface area contributed by atoms with Crippen LogP contribution >= 0.6 is 23.2 Å². The summed E-state index contributed by atoms with van der Waals surface area (Å²) in [7, 11) is 1.81. The van der Waals surface area contributed by atoms with E-state index >= 15 is 0 Å². The van der Waals surface area contributed by atoms with E-state index in [2.05, 4.69) is 10.3 Å². The molecule has 17 heavy (non-hydrogen) atoms. The number of hydrogen-bond donors (Lipinski definition) is 1. The van der Waals surface area contributed by atoms with Gasteiger partial charge in [-0.1, -0.05) is 23.2 Å². The van der Waals surface area contributed by atoms with Gasteiger partial charge in [-0.05, 0) is 12.1 Å². The molecule has 0 saturated carbocycles. The Morgan fingerprint density at radius 2 is 2.00 bits per heavy atom. The summed E-state index contributed by atoms with van der Waals surface area (Å²) in [5, 5.41) is 4.05. The fraction of sp³-hybridized carbons (Fsp3) is 0.0833. The molecule has 0 spiro atoms. The van der Waals surface area contributed by atoms with E-state index in [1.807, 2.05) is 13.1 Å². The van der Waals surface area contributed by atoms with Crippen LogP contribution in [0.15, 0.2) is 36.7 Å². The second kappa shape index (κ2) is 5.25. The summed E-state index contributed by atoms with van der Waals surface area (Å²) < 4.78 is 5.61. The van der Waals surface area contributed by atoms with Crippen LogP contribution in [0, 0.1) is 0 Å². The third-order valence-electron chi connectivity index (χ3n) is 2.12. The average Bonchev–Trinajstić information content (AvgIpc) is 2.34. The Labute approximate surface area is 109 Å². The van der Waals surface area contributed by atoms with Crippen molar-refractivity contribution in [1.82, 2.24) is 4.98 Å². The summed E-state index contributed by atoms with van der Waals surface area (Å²) in [6, 6.07) is 6.88. The van der Waals surface area contributed by atoms with E-state index < -0.39 is 0 Å². The third-order valence-corrected chi connectivity index (χ3v) is 2.67. The molecule has 0 unspecified atom stereocenters. The maximum atomic E-state index is 6.00. The number of benzene rings is 1. The summed E-state index contributed by atoms with van der Waals surface area (Å²) in [4.78, 5) is 4.04. The molecule has 2 aromatic rings. The molecule has 88 valence electrons. The molecule has 1 aromatic carbocycles. The van der Waals surface area contributed by atoms with Gasteiger partial charge in [0.15, 0.2) is 0 Å². The molecular weight excluding hydrogens is 259 g/mol. The molecule has 0 fully saturated rings. The monoisotopic (exact) mass is 268 g/mol. The van der Waals surface area contributed by atoms with Crippen LogP contribution in [0.3, 0.4) is 0 Å². The molecular formula is C12H10Cl2N2O. The highest BCUT2D eigenvalue weighted by atomic mass is 35.5. The minimum absolute atomic E-state index is 0.504. The van der Waals surface area contributed by atoms with Crippen molar-refractivity contribution >= 4 is 28.9 Å². The van der Waals surface area contributed by atoms with Crippen LogP contribution in [0.5, 0.6) is 11.5 Å². The van der Waals surface area contributed by atoms with Gasteiger partial charge < -0.3 is 10.1 Å². The van der Waals surface area contributed by atoms with Crippen molar-refractivity contribution in [3.8, 4) is 11.5 Å². The highest BCUT2D eigenvalue weighted by molar-refractivity contribution is 6.34. The first-order valence-electron chi connectivity index (χ1n) is 4.95. The van der Waals surface area contributed by atoms with E-state index in [0.717, 1.165) is 5.69 Å². The molecule has 0 aliphatic rings. The molecule has 3 nitrogen and oxygen atoms in total. The second-order valence-corrected chi connectivity index (χ2v) is 4.18. The topological polar surface area (TPSA) is 34.2 Å². The van der Waals surface area contributed by atoms with Crippen LogP contribution in [-0.2, 0) is 0 Å². The number of hydrogen-bond acceptors (Lipinski definition) is 3. The van der Waals surface area contributed by atoms with Gasteiger partial charge in [0.2, 0.25) is 0 Å². The van der Waals surface area contributed by atoms with Crippen molar-refractivity contribution in [2.75, 3.05) is 12.4 Å². The number of aromatic nitrogens is 1. The van der Waals surface area contributed by atoms with E-state index in [4.69, 9.17) is 27.9 Å². The van der Waals surface area contributed by atoms with Crippen molar-refractivity contribution in [3.63, 3.8) is 0 Å². The lowest BCUT2D eigenvalue weighted by molar-refractivity contribution is 0.481. The summed E-state index contributed by atoms with van der Waals surface area (Å²) in [5.41, 5.74) is 0.862. The van der Waals surface area contributed by atoms with E-state index in [1.165, 1.54) is 0 Å². The Morgan fingerprint density at radius 1 is 1.18 bits per heavy atom. The van der Waals surface area contributed by atoms with Crippen molar-refractivity contribution in [2.45, 2.75) is 0 Å². The molecule has 1 aromatic heterocycles. The average molecular weight is 269 g/mol. The van der Waals surface area contributed by atoms with Crippen molar-refractivity contribution in [2.24, 2.45) is 0 Å². The third kappa shape index (κ3) is 3.02. The van der Waals surface area contributed by atoms with E-state index in [9.17, 15) is 0 Å². The quantitative estimate of drug-likeness (QED) is 0.905. The van der Waals surface area contributed by atoms with Gasteiger partial charge in [-0.15, -0.1) is 0 Å². The van der Waals surface area contributed by atoms with Crippen molar-refractivity contribution < 1.29 is 4.74 Å². The first-order valence-corrected chi connectivity index (χ1v) is 5.70. The zero-order valence-electron chi connectivity index (χ0n) is 9.08. The van der Waals surface area contributed by atoms with Crippen molar-refractivity contribution in [1.29, 1.82) is 0 Å². The zero-order valence-corrected chi connectivity index (χ0v) is 10.6. The Balaban J connectivity index is 2.27. The fourth-order valence-electron chi connectivity index (χ4n) is 1.29. The van der Waals surface area contributed by atoms with Crippen molar-refractivity contribution in [3.05, 3.63) is 46.7 Å². The number of rotatable bonds is 3. The molecule has 2 rings (SSSR count). The molecule has 1 heterocycles. The molecule has 0 bridgehead atoms. The number of anilines is 1. The lowest BCUT2D eigenvalue weighted by Gasteiger charge is -2.08. The van der Waals surface area contributed by atoms with E-state index in [1.54, 1.807) is 30.6 Å². The fourth-order valence-corrected chi connectivity index (χ4v) is 1.61. The Bertz CT molecular complexity index is 532. The van der Waals surface area contributed by atoms with Gasteiger partial charge >= 0.3 is 0 Å². The van der Waals surface area contributed by atoms with Crippen LogP contribution in [0.2, 0.25) is 10.0 Å². The molecule has 0 aliphatic carbocycles. The van der Waals surface area contributed by atoms with Gasteiger partial charge in [-0.3, -0.25) is 4.98 Å². The second-order valence-electron chi connectivity index (χ2n) is 3.34. The summed E-state index contributed by atoms with van der Waals surface area (Å²) >= 11 is 11.9. The summed E-state index contributed by atoms with van der Waals surface area (Å²) in [6.07, 6.45) is 3.31. The number of nitrogens with one attached hydrogen (secondary N) is 1. The molecule has 5 heteroatoms.